The average molecular weight is 400 g/mol. The number of hydrogen-bond acceptors (Lipinski definition) is 7. The quantitative estimate of drug-likeness (QED) is 0.833. The third kappa shape index (κ3) is 4.94. The molecule has 1 atom stereocenters. The van der Waals surface area contributed by atoms with Gasteiger partial charge in [-0.2, -0.15) is 13.2 Å². The predicted molar refractivity (Wildman–Crippen MR) is 100 cm³/mol. The van der Waals surface area contributed by atoms with Crippen LogP contribution in [0.25, 0.3) is 11.3 Å². The zero-order valence-electron chi connectivity index (χ0n) is 15.5. The Balaban J connectivity index is 1.92. The van der Waals surface area contributed by atoms with E-state index in [4.69, 9.17) is 0 Å². The normalized spacial score (nSPS) is 18.3. The standard InChI is InChI=1S/C17H23F3N6S/c1-11-10-26(7-5-21-11)15-14(24-16(27-15)17(18,19)20)12-8-22-13(23-9-12)4-6-25(2)3/h8-9,11,21H,4-7,10H2,1-3H3/t11-/m1/s1. The Labute approximate surface area is 160 Å². The summed E-state index contributed by atoms with van der Waals surface area (Å²) >= 11 is 0.688. The average Bonchev–Trinajstić information content (AvgIpc) is 3.06. The van der Waals surface area contributed by atoms with E-state index in [9.17, 15) is 13.2 Å². The van der Waals surface area contributed by atoms with Gasteiger partial charge in [-0.25, -0.2) is 15.0 Å². The van der Waals surface area contributed by atoms with Crippen LogP contribution < -0.4 is 10.2 Å². The first-order valence-electron chi connectivity index (χ1n) is 8.76. The minimum absolute atomic E-state index is 0.202. The van der Waals surface area contributed by atoms with E-state index in [1.165, 1.54) is 0 Å². The molecule has 148 valence electrons. The van der Waals surface area contributed by atoms with E-state index in [0.717, 1.165) is 13.1 Å². The summed E-state index contributed by atoms with van der Waals surface area (Å²) in [7, 11) is 3.92. The summed E-state index contributed by atoms with van der Waals surface area (Å²) in [5, 5.41) is 2.99. The predicted octanol–water partition coefficient (Wildman–Crippen LogP) is 2.52. The van der Waals surface area contributed by atoms with Crippen LogP contribution in [0.4, 0.5) is 18.2 Å². The van der Waals surface area contributed by atoms with Crippen molar-refractivity contribution in [2.45, 2.75) is 25.6 Å². The van der Waals surface area contributed by atoms with Gasteiger partial charge in [0.1, 0.15) is 16.5 Å². The molecular formula is C17H23F3N6S. The fourth-order valence-electron chi connectivity index (χ4n) is 2.88. The van der Waals surface area contributed by atoms with Gasteiger partial charge in [0.2, 0.25) is 5.01 Å². The molecule has 27 heavy (non-hydrogen) atoms. The lowest BCUT2D eigenvalue weighted by molar-refractivity contribution is -0.137. The van der Waals surface area contributed by atoms with Gasteiger partial charge in [-0.05, 0) is 21.0 Å². The fraction of sp³-hybridized carbons (Fsp3) is 0.588. The second kappa shape index (κ2) is 8.07. The van der Waals surface area contributed by atoms with E-state index < -0.39 is 11.2 Å². The lowest BCUT2D eigenvalue weighted by Gasteiger charge is -2.32. The highest BCUT2D eigenvalue weighted by Gasteiger charge is 2.37. The molecule has 1 aliphatic heterocycles. The van der Waals surface area contributed by atoms with Crippen LogP contribution in [0, 0.1) is 0 Å². The number of piperazine rings is 1. The Kier molecular flexibility index (Phi) is 5.97. The molecule has 1 fully saturated rings. The highest BCUT2D eigenvalue weighted by atomic mass is 32.1. The molecule has 0 unspecified atom stereocenters. The Bertz CT molecular complexity index is 759. The molecular weight excluding hydrogens is 377 g/mol. The zero-order chi connectivity index (χ0) is 19.6. The van der Waals surface area contributed by atoms with Crippen LogP contribution in [0.5, 0.6) is 0 Å². The first kappa shape index (κ1) is 20.0. The van der Waals surface area contributed by atoms with Gasteiger partial charge < -0.3 is 15.1 Å². The van der Waals surface area contributed by atoms with Crippen molar-refractivity contribution in [2.24, 2.45) is 0 Å². The Hall–Kier alpha value is -1.78. The molecule has 0 spiro atoms. The van der Waals surface area contributed by atoms with Crippen LogP contribution >= 0.6 is 11.3 Å². The molecule has 10 heteroatoms. The van der Waals surface area contributed by atoms with Gasteiger partial charge >= 0.3 is 6.18 Å². The molecule has 3 rings (SSSR count). The van der Waals surface area contributed by atoms with Crippen molar-refractivity contribution in [3.05, 3.63) is 23.2 Å². The summed E-state index contributed by atoms with van der Waals surface area (Å²) in [4.78, 5) is 16.5. The molecule has 0 radical (unpaired) electrons. The molecule has 0 bridgehead atoms. The number of halogens is 3. The van der Waals surface area contributed by atoms with Crippen molar-refractivity contribution in [3.63, 3.8) is 0 Å². The number of nitrogens with one attached hydrogen (secondary N) is 1. The second-order valence-electron chi connectivity index (χ2n) is 6.91. The van der Waals surface area contributed by atoms with Gasteiger partial charge in [0.25, 0.3) is 0 Å². The number of anilines is 1. The van der Waals surface area contributed by atoms with Gasteiger partial charge in [-0.1, -0.05) is 11.3 Å². The number of alkyl halides is 3. The maximum absolute atomic E-state index is 13.3. The minimum Gasteiger partial charge on any atom is -0.359 e. The summed E-state index contributed by atoms with van der Waals surface area (Å²) in [6.45, 7) is 4.81. The highest BCUT2D eigenvalue weighted by Crippen LogP contribution is 2.42. The first-order chi connectivity index (χ1) is 12.7. The number of nitrogens with zero attached hydrogens (tertiary/aromatic N) is 5. The van der Waals surface area contributed by atoms with Crippen molar-refractivity contribution in [2.75, 3.05) is 45.2 Å². The monoisotopic (exact) mass is 400 g/mol. The Morgan fingerprint density at radius 3 is 2.59 bits per heavy atom. The molecule has 0 saturated carbocycles. The number of rotatable bonds is 5. The highest BCUT2D eigenvalue weighted by molar-refractivity contribution is 7.16. The van der Waals surface area contributed by atoms with Gasteiger partial charge in [-0.15, -0.1) is 0 Å². The summed E-state index contributed by atoms with van der Waals surface area (Å²) in [6, 6.07) is 0.202. The second-order valence-corrected chi connectivity index (χ2v) is 7.89. The molecule has 3 heterocycles. The van der Waals surface area contributed by atoms with Crippen LogP contribution in [-0.2, 0) is 12.6 Å². The van der Waals surface area contributed by atoms with E-state index in [0.29, 0.717) is 52.9 Å². The third-order valence-corrected chi connectivity index (χ3v) is 5.43. The lowest BCUT2D eigenvalue weighted by Crippen LogP contribution is -2.49. The Morgan fingerprint density at radius 2 is 2.00 bits per heavy atom. The van der Waals surface area contributed by atoms with Gasteiger partial charge in [0.05, 0.1) is 0 Å². The maximum Gasteiger partial charge on any atom is 0.443 e. The van der Waals surface area contributed by atoms with Crippen LogP contribution in [0.3, 0.4) is 0 Å². The molecule has 1 saturated heterocycles. The van der Waals surface area contributed by atoms with Crippen molar-refractivity contribution < 1.29 is 13.2 Å². The lowest BCUT2D eigenvalue weighted by atomic mass is 10.2. The summed E-state index contributed by atoms with van der Waals surface area (Å²) in [5.41, 5.74) is 0.817. The number of likely N-dealkylation sites (N-methyl/N-ethyl adjacent to an activating group) is 1. The smallest absolute Gasteiger partial charge is 0.359 e. The van der Waals surface area contributed by atoms with Crippen molar-refractivity contribution in [1.29, 1.82) is 0 Å². The molecule has 2 aromatic rings. The topological polar surface area (TPSA) is 57.2 Å². The van der Waals surface area contributed by atoms with Crippen molar-refractivity contribution >= 4 is 16.3 Å². The van der Waals surface area contributed by atoms with E-state index in [1.807, 2.05) is 30.8 Å². The molecule has 0 aliphatic carbocycles. The minimum atomic E-state index is -4.47. The van der Waals surface area contributed by atoms with Crippen LogP contribution in [0.15, 0.2) is 12.4 Å². The molecule has 1 N–H and O–H groups in total. The molecule has 2 aromatic heterocycles. The van der Waals surface area contributed by atoms with Gasteiger partial charge in [0, 0.05) is 56.6 Å². The number of hydrogen-bond donors (Lipinski definition) is 1. The van der Waals surface area contributed by atoms with E-state index in [1.54, 1.807) is 12.4 Å². The summed E-state index contributed by atoms with van der Waals surface area (Å²) in [6.07, 6.45) is -0.644. The first-order valence-corrected chi connectivity index (χ1v) is 9.58. The molecule has 1 aliphatic rings. The van der Waals surface area contributed by atoms with E-state index in [-0.39, 0.29) is 6.04 Å². The SMILES string of the molecule is C[C@@H]1CN(c2sc(C(F)(F)F)nc2-c2cnc(CCN(C)C)nc2)CCN1. The molecule has 6 nitrogen and oxygen atoms in total. The van der Waals surface area contributed by atoms with E-state index >= 15 is 0 Å². The van der Waals surface area contributed by atoms with Crippen LogP contribution in [0.1, 0.15) is 17.8 Å². The molecule has 0 amide bonds. The number of aromatic nitrogens is 3. The van der Waals surface area contributed by atoms with Crippen LogP contribution in [0.2, 0.25) is 0 Å². The van der Waals surface area contributed by atoms with Crippen LogP contribution in [-0.4, -0.2) is 66.2 Å². The fourth-order valence-corrected chi connectivity index (χ4v) is 3.87. The van der Waals surface area contributed by atoms with Crippen molar-refractivity contribution in [1.82, 2.24) is 25.2 Å². The van der Waals surface area contributed by atoms with Gasteiger partial charge in [-0.3, -0.25) is 0 Å². The third-order valence-electron chi connectivity index (χ3n) is 4.27. The molecule has 0 aromatic carbocycles. The van der Waals surface area contributed by atoms with Crippen molar-refractivity contribution in [3.8, 4) is 11.3 Å². The zero-order valence-corrected chi connectivity index (χ0v) is 16.4. The maximum atomic E-state index is 13.3. The summed E-state index contributed by atoms with van der Waals surface area (Å²) in [5.74, 6) is 0.663. The Morgan fingerprint density at radius 1 is 1.30 bits per heavy atom. The van der Waals surface area contributed by atoms with Gasteiger partial charge in [0.15, 0.2) is 0 Å². The number of thiazole rings is 1. The summed E-state index contributed by atoms with van der Waals surface area (Å²) < 4.78 is 39.8. The largest absolute Gasteiger partial charge is 0.443 e. The van der Waals surface area contributed by atoms with E-state index in [2.05, 4.69) is 20.3 Å².